The Morgan fingerprint density at radius 2 is 2.06 bits per heavy atom. The highest BCUT2D eigenvalue weighted by atomic mass is 32.2. The third kappa shape index (κ3) is 3.70. The number of fused-ring (bicyclic) bond motifs is 1. The highest BCUT2D eigenvalue weighted by molar-refractivity contribution is 7.99. The molecule has 98 valence electrons. The zero-order valence-electron chi connectivity index (χ0n) is 11.4. The van der Waals surface area contributed by atoms with Gasteiger partial charge in [0.25, 0.3) is 0 Å². The van der Waals surface area contributed by atoms with Gasteiger partial charge < -0.3 is 0 Å². The van der Waals surface area contributed by atoms with Gasteiger partial charge in [-0.2, -0.15) is 0 Å². The average Bonchev–Trinajstić information content (AvgIpc) is 2.67. The molecule has 4 heteroatoms. The van der Waals surface area contributed by atoms with Gasteiger partial charge in [-0.1, -0.05) is 26.0 Å². The normalized spacial score (nSPS) is 12.5. The van der Waals surface area contributed by atoms with Crippen molar-refractivity contribution in [3.63, 3.8) is 0 Å². The summed E-state index contributed by atoms with van der Waals surface area (Å²) in [6, 6.07) is 8.28. The standard InChI is InChI=1S/C14H20N2S2/c1-10(2)9-14(3,4)16-18-13-15-11-7-5-6-8-12(11)17-13/h5-8,10,16H,9H2,1-4H3. The number of aromatic nitrogens is 1. The molecular weight excluding hydrogens is 260 g/mol. The largest absolute Gasteiger partial charge is 0.252 e. The second-order valence-corrected chi connectivity index (χ2v) is 7.72. The van der Waals surface area contributed by atoms with E-state index in [0.29, 0.717) is 5.92 Å². The summed E-state index contributed by atoms with van der Waals surface area (Å²) in [7, 11) is 0. The van der Waals surface area contributed by atoms with E-state index >= 15 is 0 Å². The molecule has 0 spiro atoms. The van der Waals surface area contributed by atoms with Crippen LogP contribution in [0.4, 0.5) is 0 Å². The Labute approximate surface area is 117 Å². The number of hydrogen-bond donors (Lipinski definition) is 1. The third-order valence-electron chi connectivity index (χ3n) is 2.61. The summed E-state index contributed by atoms with van der Waals surface area (Å²) in [6.07, 6.45) is 1.16. The second-order valence-electron chi connectivity index (χ2n) is 5.63. The van der Waals surface area contributed by atoms with Crippen molar-refractivity contribution in [2.24, 2.45) is 5.92 Å². The molecule has 0 fully saturated rings. The first-order valence-corrected chi connectivity index (χ1v) is 7.89. The fourth-order valence-electron chi connectivity index (χ4n) is 2.14. The highest BCUT2D eigenvalue weighted by Crippen LogP contribution is 2.30. The average molecular weight is 280 g/mol. The monoisotopic (exact) mass is 280 g/mol. The molecule has 2 aromatic rings. The molecule has 2 nitrogen and oxygen atoms in total. The fraction of sp³-hybridized carbons (Fsp3) is 0.500. The maximum Gasteiger partial charge on any atom is 0.166 e. The summed E-state index contributed by atoms with van der Waals surface area (Å²) >= 11 is 3.40. The summed E-state index contributed by atoms with van der Waals surface area (Å²) in [4.78, 5) is 4.61. The topological polar surface area (TPSA) is 24.9 Å². The van der Waals surface area contributed by atoms with Crippen LogP contribution in [0.3, 0.4) is 0 Å². The molecule has 1 heterocycles. The van der Waals surface area contributed by atoms with Crippen molar-refractivity contribution < 1.29 is 0 Å². The molecule has 1 aromatic heterocycles. The van der Waals surface area contributed by atoms with Crippen molar-refractivity contribution in [3.05, 3.63) is 24.3 Å². The van der Waals surface area contributed by atoms with Crippen LogP contribution in [0.1, 0.15) is 34.1 Å². The Bertz CT molecular complexity index is 484. The predicted molar refractivity (Wildman–Crippen MR) is 82.1 cm³/mol. The van der Waals surface area contributed by atoms with Crippen molar-refractivity contribution >= 4 is 33.5 Å². The zero-order valence-corrected chi connectivity index (χ0v) is 13.0. The summed E-state index contributed by atoms with van der Waals surface area (Å²) in [5, 5.41) is 0. The molecule has 0 radical (unpaired) electrons. The maximum atomic E-state index is 4.61. The maximum absolute atomic E-state index is 4.61. The van der Waals surface area contributed by atoms with E-state index in [1.807, 2.05) is 6.07 Å². The van der Waals surface area contributed by atoms with Gasteiger partial charge in [0.15, 0.2) is 4.34 Å². The molecule has 0 atom stereocenters. The van der Waals surface area contributed by atoms with Crippen LogP contribution in [-0.4, -0.2) is 10.5 Å². The zero-order chi connectivity index (χ0) is 13.2. The molecule has 1 aromatic carbocycles. The van der Waals surface area contributed by atoms with E-state index < -0.39 is 0 Å². The van der Waals surface area contributed by atoms with Gasteiger partial charge in [0.2, 0.25) is 0 Å². The van der Waals surface area contributed by atoms with Gasteiger partial charge in [-0.15, -0.1) is 11.3 Å². The lowest BCUT2D eigenvalue weighted by atomic mass is 9.94. The Hall–Kier alpha value is -0.580. The summed E-state index contributed by atoms with van der Waals surface area (Å²) in [6.45, 7) is 9.00. The quantitative estimate of drug-likeness (QED) is 0.802. The van der Waals surface area contributed by atoms with Crippen molar-refractivity contribution in [1.82, 2.24) is 9.71 Å². The molecule has 0 aliphatic heterocycles. The molecule has 18 heavy (non-hydrogen) atoms. The van der Waals surface area contributed by atoms with Gasteiger partial charge >= 0.3 is 0 Å². The molecule has 0 saturated heterocycles. The van der Waals surface area contributed by atoms with Crippen molar-refractivity contribution in [3.8, 4) is 0 Å². The Kier molecular flexibility index (Phi) is 4.30. The molecule has 0 unspecified atom stereocenters. The van der Waals surface area contributed by atoms with Crippen molar-refractivity contribution in [2.45, 2.75) is 44.0 Å². The van der Waals surface area contributed by atoms with E-state index in [1.54, 1.807) is 23.3 Å². The number of para-hydroxylation sites is 1. The smallest absolute Gasteiger partial charge is 0.166 e. The molecule has 0 aliphatic rings. The van der Waals surface area contributed by atoms with Gasteiger partial charge in [0.05, 0.1) is 10.2 Å². The SMILES string of the molecule is CC(C)CC(C)(C)NSc1nc2ccccc2s1. The number of hydrogen-bond acceptors (Lipinski definition) is 4. The lowest BCUT2D eigenvalue weighted by molar-refractivity contribution is 0.376. The Morgan fingerprint density at radius 1 is 1.33 bits per heavy atom. The van der Waals surface area contributed by atoms with E-state index in [9.17, 15) is 0 Å². The molecule has 2 rings (SSSR count). The van der Waals surface area contributed by atoms with Crippen LogP contribution in [0.15, 0.2) is 28.6 Å². The number of thiazole rings is 1. The number of benzene rings is 1. The minimum absolute atomic E-state index is 0.136. The van der Waals surface area contributed by atoms with E-state index in [4.69, 9.17) is 0 Å². The summed E-state index contributed by atoms with van der Waals surface area (Å²) in [5.41, 5.74) is 1.23. The van der Waals surface area contributed by atoms with Crippen LogP contribution in [0.5, 0.6) is 0 Å². The van der Waals surface area contributed by atoms with Gasteiger partial charge in [-0.3, -0.25) is 4.72 Å². The first-order chi connectivity index (χ1) is 8.46. The van der Waals surface area contributed by atoms with Crippen LogP contribution in [-0.2, 0) is 0 Å². The molecular formula is C14H20N2S2. The van der Waals surface area contributed by atoms with Gasteiger partial charge in [0.1, 0.15) is 0 Å². The van der Waals surface area contributed by atoms with E-state index in [-0.39, 0.29) is 5.54 Å². The Balaban J connectivity index is 2.01. The summed E-state index contributed by atoms with van der Waals surface area (Å²) < 4.78 is 5.88. The lowest BCUT2D eigenvalue weighted by Gasteiger charge is -2.26. The summed E-state index contributed by atoms with van der Waals surface area (Å²) in [5.74, 6) is 0.698. The highest BCUT2D eigenvalue weighted by Gasteiger charge is 2.19. The van der Waals surface area contributed by atoms with Crippen molar-refractivity contribution in [1.29, 1.82) is 0 Å². The first-order valence-electron chi connectivity index (χ1n) is 6.26. The minimum atomic E-state index is 0.136. The molecule has 0 aliphatic carbocycles. The molecule has 1 N–H and O–H groups in total. The number of nitrogens with zero attached hydrogens (tertiary/aromatic N) is 1. The second kappa shape index (κ2) is 5.59. The predicted octanol–water partition coefficient (Wildman–Crippen LogP) is 4.72. The molecule has 0 bridgehead atoms. The van der Waals surface area contributed by atoms with Gasteiger partial charge in [-0.25, -0.2) is 4.98 Å². The van der Waals surface area contributed by atoms with E-state index in [0.717, 1.165) is 16.3 Å². The van der Waals surface area contributed by atoms with Crippen molar-refractivity contribution in [2.75, 3.05) is 0 Å². The van der Waals surface area contributed by atoms with Gasteiger partial charge in [0, 0.05) is 5.54 Å². The van der Waals surface area contributed by atoms with Gasteiger partial charge in [-0.05, 0) is 50.3 Å². The van der Waals surface area contributed by atoms with Crippen LogP contribution < -0.4 is 4.72 Å². The Morgan fingerprint density at radius 3 is 2.72 bits per heavy atom. The third-order valence-corrected chi connectivity index (χ3v) is 4.86. The number of nitrogens with one attached hydrogen (secondary N) is 1. The fourth-order valence-corrected chi connectivity index (χ4v) is 3.99. The van der Waals surface area contributed by atoms with E-state index in [1.165, 1.54) is 4.70 Å². The lowest BCUT2D eigenvalue weighted by Crippen LogP contribution is -2.35. The van der Waals surface area contributed by atoms with Crippen LogP contribution in [0.25, 0.3) is 10.2 Å². The minimum Gasteiger partial charge on any atom is -0.252 e. The first kappa shape index (κ1) is 13.8. The number of rotatable bonds is 5. The van der Waals surface area contributed by atoms with E-state index in [2.05, 4.69) is 55.6 Å². The van der Waals surface area contributed by atoms with Crippen LogP contribution in [0, 0.1) is 5.92 Å². The molecule has 0 saturated carbocycles. The van der Waals surface area contributed by atoms with Crippen LogP contribution in [0.2, 0.25) is 0 Å². The van der Waals surface area contributed by atoms with Crippen LogP contribution >= 0.6 is 23.3 Å². The molecule has 0 amide bonds.